The fourth-order valence-electron chi connectivity index (χ4n) is 12.5. The van der Waals surface area contributed by atoms with Gasteiger partial charge in [-0.15, -0.1) is 0 Å². The molecule has 0 spiro atoms. The molecule has 4 saturated carbocycles. The molecule has 4 unspecified atom stereocenters. The summed E-state index contributed by atoms with van der Waals surface area (Å²) in [6.07, 6.45) is 13.8. The van der Waals surface area contributed by atoms with Gasteiger partial charge in [0, 0.05) is 33.4 Å². The number of amides is 1. The van der Waals surface area contributed by atoms with Crippen LogP contribution < -0.4 is 5.32 Å². The second kappa shape index (κ2) is 13.8. The average molecular weight is 643 g/mol. The number of esters is 1. The molecular weight excluding hydrogens is 572 g/mol. The quantitative estimate of drug-likeness (QED) is 0.179. The molecule has 0 aromatic carbocycles. The number of morpholine rings is 1. The molecule has 0 bridgehead atoms. The van der Waals surface area contributed by atoms with E-state index < -0.39 is 0 Å². The molecule has 0 radical (unpaired) electrons. The molecule has 46 heavy (non-hydrogen) atoms. The third-order valence-corrected chi connectivity index (χ3v) is 14.9. The van der Waals surface area contributed by atoms with Crippen LogP contribution in [-0.4, -0.2) is 62.3 Å². The molecule has 1 amide bonds. The van der Waals surface area contributed by atoms with Crippen LogP contribution in [0.2, 0.25) is 0 Å². The molecule has 5 aliphatic carbocycles. The van der Waals surface area contributed by atoms with E-state index in [1.807, 2.05) is 13.8 Å². The lowest BCUT2D eigenvalue weighted by molar-refractivity contribution is -0.200. The number of nitrogens with zero attached hydrogens (tertiary/aromatic N) is 1. The van der Waals surface area contributed by atoms with E-state index in [2.05, 4.69) is 57.8 Å². The molecule has 6 rings (SSSR count). The maximum atomic E-state index is 14.3. The van der Waals surface area contributed by atoms with Crippen molar-refractivity contribution in [2.75, 3.05) is 39.4 Å². The lowest BCUT2D eigenvalue weighted by Crippen LogP contribution is -2.63. The van der Waals surface area contributed by atoms with Crippen LogP contribution in [0.25, 0.3) is 0 Å². The number of carbonyl (C=O) groups is 2. The highest BCUT2D eigenvalue weighted by atomic mass is 16.5. The summed E-state index contributed by atoms with van der Waals surface area (Å²) in [6, 6.07) is 0. The maximum Gasteiger partial charge on any atom is 0.302 e. The molecule has 6 aliphatic rings. The first-order valence-electron chi connectivity index (χ1n) is 19.3. The normalized spacial score (nSPS) is 43.2. The summed E-state index contributed by atoms with van der Waals surface area (Å²) in [5.74, 6) is 3.52. The van der Waals surface area contributed by atoms with Crippen LogP contribution in [0.3, 0.4) is 0 Å². The number of rotatable bonds is 6. The molecule has 1 heterocycles. The Hall–Kier alpha value is -1.40. The van der Waals surface area contributed by atoms with Crippen LogP contribution >= 0.6 is 0 Å². The molecule has 6 nitrogen and oxygen atoms in total. The summed E-state index contributed by atoms with van der Waals surface area (Å²) in [6.45, 7) is 25.9. The third-order valence-electron chi connectivity index (χ3n) is 14.9. The first-order valence-corrected chi connectivity index (χ1v) is 19.3. The van der Waals surface area contributed by atoms with Gasteiger partial charge in [-0.3, -0.25) is 14.5 Å². The van der Waals surface area contributed by atoms with Crippen LogP contribution in [0.4, 0.5) is 0 Å². The van der Waals surface area contributed by atoms with E-state index in [1.54, 1.807) is 12.5 Å². The fraction of sp³-hybridized carbons (Fsp3) is 0.900. The molecule has 0 aromatic rings. The topological polar surface area (TPSA) is 67.9 Å². The number of hydrogen-bond donors (Lipinski definition) is 1. The Morgan fingerprint density at radius 2 is 1.63 bits per heavy atom. The number of carbonyl (C=O) groups excluding carboxylic acids is 2. The number of allylic oxidation sites excluding steroid dienone is 2. The predicted octanol–water partition coefficient (Wildman–Crippen LogP) is 8.30. The van der Waals surface area contributed by atoms with Crippen molar-refractivity contribution in [2.24, 2.45) is 57.2 Å². The van der Waals surface area contributed by atoms with Gasteiger partial charge >= 0.3 is 5.97 Å². The summed E-state index contributed by atoms with van der Waals surface area (Å²) in [7, 11) is 0. The summed E-state index contributed by atoms with van der Waals surface area (Å²) in [5.41, 5.74) is 1.90. The van der Waals surface area contributed by atoms with Crippen molar-refractivity contribution in [3.05, 3.63) is 11.6 Å². The molecule has 264 valence electrons. The third kappa shape index (κ3) is 6.03. The van der Waals surface area contributed by atoms with Gasteiger partial charge in [0.2, 0.25) is 5.91 Å². The van der Waals surface area contributed by atoms with Crippen molar-refractivity contribution in [2.45, 2.75) is 133 Å². The van der Waals surface area contributed by atoms with E-state index >= 15 is 0 Å². The highest BCUT2D eigenvalue weighted by Gasteiger charge is 2.66. The Balaban J connectivity index is 0.00000164. The minimum atomic E-state index is -0.248. The van der Waals surface area contributed by atoms with E-state index in [-0.39, 0.29) is 35.2 Å². The van der Waals surface area contributed by atoms with Gasteiger partial charge < -0.3 is 14.8 Å². The molecule has 1 aliphatic heterocycles. The van der Waals surface area contributed by atoms with Gasteiger partial charge in [0.15, 0.2) is 0 Å². The number of fused-ring (bicyclic) bond motifs is 7. The van der Waals surface area contributed by atoms with E-state index in [0.717, 1.165) is 90.8 Å². The highest BCUT2D eigenvalue weighted by Crippen LogP contribution is 2.72. The van der Waals surface area contributed by atoms with Crippen LogP contribution in [0.15, 0.2) is 11.6 Å². The molecule has 5 fully saturated rings. The number of nitrogens with one attached hydrogen (secondary N) is 1. The summed E-state index contributed by atoms with van der Waals surface area (Å²) in [5, 5.41) is 3.49. The Labute approximate surface area is 283 Å². The van der Waals surface area contributed by atoms with Crippen LogP contribution in [0, 0.1) is 57.2 Å². The first kappa shape index (κ1) is 35.9. The van der Waals surface area contributed by atoms with Crippen molar-refractivity contribution < 1.29 is 20.5 Å². The standard InChI is InChI=1S/C38H62N2O4.C2H6.H2/c1-25-11-17-38(34(42)39-19-8-20-40-21-23-43-24-22-40)18-12-29-28(33(38)26(25)2)9-10-31-36(29,6)15-13-30-35(4,5)32(44-27(3)41)14-16-37(30,31)7;1-2;/h9,25-26,29-33H,8,10-24H2,1-7H3,(H,39,42);1-2H3;1H/t25-,26+,29?,30?,31?,32+,33?,36+,37+,38+;;/m1../s1. The second-order valence-corrected chi connectivity index (χ2v) is 17.2. The first-order chi connectivity index (χ1) is 21.8. The average Bonchev–Trinajstić information content (AvgIpc) is 3.03. The Kier molecular flexibility index (Phi) is 10.8. The lowest BCUT2D eigenvalue weighted by atomic mass is 9.37. The number of hydrogen-bond acceptors (Lipinski definition) is 5. The van der Waals surface area contributed by atoms with E-state index in [9.17, 15) is 9.59 Å². The summed E-state index contributed by atoms with van der Waals surface area (Å²) in [4.78, 5) is 28.8. The fourth-order valence-corrected chi connectivity index (χ4v) is 12.5. The lowest BCUT2D eigenvalue weighted by Gasteiger charge is -2.68. The van der Waals surface area contributed by atoms with Gasteiger partial charge in [-0.1, -0.05) is 67.0 Å². The van der Waals surface area contributed by atoms with Crippen LogP contribution in [0.1, 0.15) is 128 Å². The monoisotopic (exact) mass is 643 g/mol. The van der Waals surface area contributed by atoms with Gasteiger partial charge in [-0.25, -0.2) is 0 Å². The minimum Gasteiger partial charge on any atom is -0.462 e. The zero-order chi connectivity index (χ0) is 33.5. The predicted molar refractivity (Wildman–Crippen MR) is 188 cm³/mol. The maximum absolute atomic E-state index is 14.3. The van der Waals surface area contributed by atoms with Crippen molar-refractivity contribution in [1.82, 2.24) is 10.2 Å². The zero-order valence-electron chi connectivity index (χ0n) is 31.0. The Morgan fingerprint density at radius 1 is 0.957 bits per heavy atom. The van der Waals surface area contributed by atoms with E-state index in [4.69, 9.17) is 9.47 Å². The van der Waals surface area contributed by atoms with Gasteiger partial charge in [0.05, 0.1) is 18.6 Å². The van der Waals surface area contributed by atoms with Crippen molar-refractivity contribution in [1.29, 1.82) is 0 Å². The number of ether oxygens (including phenoxy) is 2. The molecule has 1 saturated heterocycles. The SMILES string of the molecule is CC.CC(=O)O[C@H]1CC[C@@]2(C)C(CC[C@@]3(C)C4CC[C@@]5(C(=O)NCCCN6CCOCC6)CC[C@@H](C)[C@H](C)C5C4=CCC32)C1(C)C.[HH]. The van der Waals surface area contributed by atoms with Crippen molar-refractivity contribution in [3.8, 4) is 0 Å². The van der Waals surface area contributed by atoms with Gasteiger partial charge in [-0.05, 0) is 117 Å². The Morgan fingerprint density at radius 3 is 2.33 bits per heavy atom. The van der Waals surface area contributed by atoms with Crippen molar-refractivity contribution in [3.63, 3.8) is 0 Å². The van der Waals surface area contributed by atoms with Crippen molar-refractivity contribution >= 4 is 11.9 Å². The summed E-state index contributed by atoms with van der Waals surface area (Å²) >= 11 is 0. The molecular formula is C40H70N2O4. The molecule has 0 aromatic heterocycles. The molecule has 10 atom stereocenters. The minimum absolute atomic E-state index is 0. The second-order valence-electron chi connectivity index (χ2n) is 17.2. The zero-order valence-corrected chi connectivity index (χ0v) is 31.0. The Bertz CT molecular complexity index is 1140. The molecule has 1 N–H and O–H groups in total. The largest absolute Gasteiger partial charge is 0.462 e. The molecule has 6 heteroatoms. The van der Waals surface area contributed by atoms with Gasteiger partial charge in [0.1, 0.15) is 6.10 Å². The van der Waals surface area contributed by atoms with E-state index in [0.29, 0.717) is 41.4 Å². The van der Waals surface area contributed by atoms with Gasteiger partial charge in [-0.2, -0.15) is 0 Å². The van der Waals surface area contributed by atoms with Crippen LogP contribution in [-0.2, 0) is 19.1 Å². The van der Waals surface area contributed by atoms with Gasteiger partial charge in [0.25, 0.3) is 0 Å². The highest BCUT2D eigenvalue weighted by molar-refractivity contribution is 5.84. The van der Waals surface area contributed by atoms with Crippen LogP contribution in [0.5, 0.6) is 0 Å². The summed E-state index contributed by atoms with van der Waals surface area (Å²) < 4.78 is 11.4. The van der Waals surface area contributed by atoms with E-state index in [1.165, 1.54) is 12.8 Å². The smallest absolute Gasteiger partial charge is 0.302 e.